The van der Waals surface area contributed by atoms with Crippen LogP contribution in [0.15, 0.2) is 24.3 Å². The summed E-state index contributed by atoms with van der Waals surface area (Å²) in [7, 11) is 0. The van der Waals surface area contributed by atoms with Crippen LogP contribution in [-0.2, 0) is 9.53 Å². The van der Waals surface area contributed by atoms with E-state index in [0.717, 1.165) is 5.69 Å². The van der Waals surface area contributed by atoms with Gasteiger partial charge in [-0.1, -0.05) is 12.1 Å². The molecule has 0 radical (unpaired) electrons. The van der Waals surface area contributed by atoms with Crippen molar-refractivity contribution in [2.45, 2.75) is 13.0 Å². The van der Waals surface area contributed by atoms with E-state index in [1.807, 2.05) is 24.0 Å². The highest BCUT2D eigenvalue weighted by molar-refractivity contribution is 5.73. The van der Waals surface area contributed by atoms with Crippen LogP contribution in [0.3, 0.4) is 0 Å². The molecular weight excluding hydrogens is 244 g/mol. The summed E-state index contributed by atoms with van der Waals surface area (Å²) in [6, 6.07) is 9.16. The molecule has 1 aliphatic rings. The Labute approximate surface area is 112 Å². The van der Waals surface area contributed by atoms with E-state index in [1.165, 1.54) is 0 Å². The van der Waals surface area contributed by atoms with Gasteiger partial charge in [0.25, 0.3) is 0 Å². The summed E-state index contributed by atoms with van der Waals surface area (Å²) in [4.78, 5) is 13.2. The van der Waals surface area contributed by atoms with Gasteiger partial charge in [-0.15, -0.1) is 0 Å². The third kappa shape index (κ3) is 2.54. The molecule has 0 aliphatic carbocycles. The first-order valence-electron chi connectivity index (χ1n) is 6.25. The van der Waals surface area contributed by atoms with Gasteiger partial charge in [-0.2, -0.15) is 5.26 Å². The second-order valence-corrected chi connectivity index (χ2v) is 4.46. The smallest absolute Gasteiger partial charge is 0.311 e. The molecule has 1 N–H and O–H groups in total. The maximum Gasteiger partial charge on any atom is 0.311 e. The summed E-state index contributed by atoms with van der Waals surface area (Å²) in [6.45, 7) is 3.19. The molecule has 1 aromatic rings. The van der Waals surface area contributed by atoms with Gasteiger partial charge in [0, 0.05) is 6.54 Å². The van der Waals surface area contributed by atoms with Gasteiger partial charge < -0.3 is 14.7 Å². The molecule has 0 saturated carbocycles. The molecule has 1 fully saturated rings. The van der Waals surface area contributed by atoms with Gasteiger partial charge in [0.1, 0.15) is 12.0 Å². The number of ether oxygens (including phenoxy) is 1. The second-order valence-electron chi connectivity index (χ2n) is 4.46. The summed E-state index contributed by atoms with van der Waals surface area (Å²) >= 11 is 0. The topological polar surface area (TPSA) is 73.6 Å². The first-order valence-corrected chi connectivity index (χ1v) is 6.25. The molecule has 0 amide bonds. The normalized spacial score (nSPS) is 21.9. The lowest BCUT2D eigenvalue weighted by atomic mass is 10.0. The number of benzene rings is 1. The molecule has 2 atom stereocenters. The van der Waals surface area contributed by atoms with Crippen molar-refractivity contribution in [1.29, 1.82) is 5.26 Å². The summed E-state index contributed by atoms with van der Waals surface area (Å²) in [5.74, 6) is -1.40. The van der Waals surface area contributed by atoms with Crippen LogP contribution < -0.4 is 4.90 Å². The number of carbonyl (C=O) groups is 1. The van der Waals surface area contributed by atoms with Gasteiger partial charge in [-0.3, -0.25) is 4.79 Å². The van der Waals surface area contributed by atoms with E-state index < -0.39 is 11.9 Å². The van der Waals surface area contributed by atoms with Crippen LogP contribution in [-0.4, -0.2) is 36.9 Å². The molecule has 1 heterocycles. The van der Waals surface area contributed by atoms with Crippen LogP contribution in [0.1, 0.15) is 12.5 Å². The average Bonchev–Trinajstić information content (AvgIpc) is 2.89. The predicted molar refractivity (Wildman–Crippen MR) is 69.9 cm³/mol. The molecule has 0 spiro atoms. The Balaban J connectivity index is 2.34. The van der Waals surface area contributed by atoms with Crippen molar-refractivity contribution in [3.63, 3.8) is 0 Å². The first kappa shape index (κ1) is 13.4. The van der Waals surface area contributed by atoms with E-state index in [1.54, 1.807) is 12.1 Å². The highest BCUT2D eigenvalue weighted by Crippen LogP contribution is 2.28. The molecule has 2 rings (SSSR count). The van der Waals surface area contributed by atoms with E-state index >= 15 is 0 Å². The largest absolute Gasteiger partial charge is 0.481 e. The number of likely N-dealkylation sites (N-methyl/N-ethyl adjacent to an activating group) is 1. The standard InChI is InChI=1S/C14H16N2O3/c1-2-16(12-6-4-3-5-10(12)7-15)13-9-19-8-11(13)14(17)18/h3-6,11,13H,2,8-9H2,1H3,(H,17,18). The molecule has 1 saturated heterocycles. The minimum atomic E-state index is -0.851. The highest BCUT2D eigenvalue weighted by Gasteiger charge is 2.38. The lowest BCUT2D eigenvalue weighted by Gasteiger charge is -2.32. The monoisotopic (exact) mass is 260 g/mol. The van der Waals surface area contributed by atoms with Crippen molar-refractivity contribution < 1.29 is 14.6 Å². The molecule has 100 valence electrons. The van der Waals surface area contributed by atoms with Crippen molar-refractivity contribution in [3.8, 4) is 6.07 Å². The fraction of sp³-hybridized carbons (Fsp3) is 0.429. The third-order valence-corrected chi connectivity index (χ3v) is 3.44. The van der Waals surface area contributed by atoms with Crippen molar-refractivity contribution >= 4 is 11.7 Å². The van der Waals surface area contributed by atoms with Crippen LogP contribution >= 0.6 is 0 Å². The molecule has 19 heavy (non-hydrogen) atoms. The number of para-hydroxylation sites is 1. The number of rotatable bonds is 4. The van der Waals surface area contributed by atoms with Gasteiger partial charge in [0.15, 0.2) is 0 Å². The zero-order valence-electron chi connectivity index (χ0n) is 10.7. The molecule has 1 aromatic carbocycles. The zero-order valence-corrected chi connectivity index (χ0v) is 10.7. The van der Waals surface area contributed by atoms with Gasteiger partial charge in [-0.25, -0.2) is 0 Å². The lowest BCUT2D eigenvalue weighted by Crippen LogP contribution is -2.43. The fourth-order valence-electron chi connectivity index (χ4n) is 2.49. The Morgan fingerprint density at radius 3 is 2.89 bits per heavy atom. The molecular formula is C14H16N2O3. The van der Waals surface area contributed by atoms with Crippen LogP contribution in [0.5, 0.6) is 0 Å². The SMILES string of the molecule is CCN(c1ccccc1C#N)C1COCC1C(=O)O. The van der Waals surface area contributed by atoms with Crippen LogP contribution in [0.2, 0.25) is 0 Å². The Hall–Kier alpha value is -2.06. The van der Waals surface area contributed by atoms with Gasteiger partial charge in [-0.05, 0) is 19.1 Å². The first-order chi connectivity index (χ1) is 9.19. The number of aliphatic carboxylic acids is 1. The van der Waals surface area contributed by atoms with Gasteiger partial charge in [0.05, 0.1) is 30.5 Å². The van der Waals surface area contributed by atoms with E-state index in [-0.39, 0.29) is 12.6 Å². The van der Waals surface area contributed by atoms with E-state index in [4.69, 9.17) is 10.00 Å². The zero-order chi connectivity index (χ0) is 13.8. The van der Waals surface area contributed by atoms with Crippen LogP contribution in [0, 0.1) is 17.2 Å². The third-order valence-electron chi connectivity index (χ3n) is 3.44. The number of nitrogens with zero attached hydrogens (tertiary/aromatic N) is 2. The molecule has 0 bridgehead atoms. The molecule has 5 nitrogen and oxygen atoms in total. The summed E-state index contributed by atoms with van der Waals surface area (Å²) in [6.07, 6.45) is 0. The quantitative estimate of drug-likeness (QED) is 0.887. The van der Waals surface area contributed by atoms with E-state index in [9.17, 15) is 9.90 Å². The summed E-state index contributed by atoms with van der Waals surface area (Å²) < 4.78 is 5.30. The van der Waals surface area contributed by atoms with Crippen molar-refractivity contribution in [1.82, 2.24) is 0 Å². The lowest BCUT2D eigenvalue weighted by molar-refractivity contribution is -0.141. The molecule has 5 heteroatoms. The van der Waals surface area contributed by atoms with Gasteiger partial charge in [0.2, 0.25) is 0 Å². The number of carboxylic acid groups (broad SMARTS) is 1. The maximum atomic E-state index is 11.2. The molecule has 1 aliphatic heterocycles. The number of nitriles is 1. The van der Waals surface area contributed by atoms with Gasteiger partial charge >= 0.3 is 5.97 Å². The highest BCUT2D eigenvalue weighted by atomic mass is 16.5. The Morgan fingerprint density at radius 1 is 1.53 bits per heavy atom. The minimum Gasteiger partial charge on any atom is -0.481 e. The van der Waals surface area contributed by atoms with Crippen LogP contribution in [0.25, 0.3) is 0 Å². The maximum absolute atomic E-state index is 11.2. The van der Waals surface area contributed by atoms with E-state index in [2.05, 4.69) is 6.07 Å². The fourth-order valence-corrected chi connectivity index (χ4v) is 2.49. The second kappa shape index (κ2) is 5.72. The van der Waals surface area contributed by atoms with Crippen LogP contribution in [0.4, 0.5) is 5.69 Å². The van der Waals surface area contributed by atoms with Crippen molar-refractivity contribution in [2.75, 3.05) is 24.7 Å². The molecule has 0 aromatic heterocycles. The summed E-state index contributed by atoms with van der Waals surface area (Å²) in [5.41, 5.74) is 1.33. The Bertz CT molecular complexity index is 510. The number of carboxylic acids is 1. The number of anilines is 1. The minimum absolute atomic E-state index is 0.225. The van der Waals surface area contributed by atoms with E-state index in [0.29, 0.717) is 18.7 Å². The number of hydrogen-bond acceptors (Lipinski definition) is 4. The predicted octanol–water partition coefficient (Wildman–Crippen LogP) is 1.48. The summed E-state index contributed by atoms with van der Waals surface area (Å²) in [5, 5.41) is 18.4. The molecule has 2 unspecified atom stereocenters. The number of hydrogen-bond donors (Lipinski definition) is 1. The Morgan fingerprint density at radius 2 is 2.26 bits per heavy atom. The Kier molecular flexibility index (Phi) is 4.03. The average molecular weight is 260 g/mol. The van der Waals surface area contributed by atoms with Crippen molar-refractivity contribution in [3.05, 3.63) is 29.8 Å². The van der Waals surface area contributed by atoms with Crippen molar-refractivity contribution in [2.24, 2.45) is 5.92 Å².